The van der Waals surface area contributed by atoms with E-state index in [1.54, 1.807) is 0 Å². The van der Waals surface area contributed by atoms with Gasteiger partial charge in [-0.2, -0.15) is 0 Å². The van der Waals surface area contributed by atoms with Gasteiger partial charge in [0.1, 0.15) is 0 Å². The Morgan fingerprint density at radius 3 is 2.30 bits per heavy atom. The molecule has 0 aromatic rings. The van der Waals surface area contributed by atoms with Gasteiger partial charge < -0.3 is 4.74 Å². The fourth-order valence-corrected chi connectivity index (χ4v) is 0.391. The van der Waals surface area contributed by atoms with Gasteiger partial charge >= 0.3 is 8.25 Å². The SMILES string of the molecule is CC(C)(C)OCO[P+](=O)O. The van der Waals surface area contributed by atoms with Gasteiger partial charge in [-0.05, 0) is 20.8 Å². The van der Waals surface area contributed by atoms with Gasteiger partial charge in [-0.3, -0.25) is 0 Å². The highest BCUT2D eigenvalue weighted by molar-refractivity contribution is 7.32. The Morgan fingerprint density at radius 2 is 2.00 bits per heavy atom. The molecule has 0 rings (SSSR count). The highest BCUT2D eigenvalue weighted by Crippen LogP contribution is 2.16. The molecule has 0 amide bonds. The number of rotatable bonds is 3. The molecule has 0 bridgehead atoms. The number of hydrogen-bond donors (Lipinski definition) is 1. The van der Waals surface area contributed by atoms with Gasteiger partial charge in [-0.1, -0.05) is 4.52 Å². The van der Waals surface area contributed by atoms with E-state index in [9.17, 15) is 4.57 Å². The third-order valence-corrected chi connectivity index (χ3v) is 0.981. The first kappa shape index (κ1) is 9.98. The molecule has 0 saturated heterocycles. The Bertz CT molecular complexity index is 117. The molecule has 0 radical (unpaired) electrons. The van der Waals surface area contributed by atoms with Gasteiger partial charge in [0, 0.05) is 4.57 Å². The summed E-state index contributed by atoms with van der Waals surface area (Å²) in [5, 5.41) is 0. The van der Waals surface area contributed by atoms with Crippen molar-refractivity contribution in [2.75, 3.05) is 6.79 Å². The fourth-order valence-electron chi connectivity index (χ4n) is 0.248. The van der Waals surface area contributed by atoms with Crippen LogP contribution in [0.4, 0.5) is 0 Å². The maximum atomic E-state index is 9.93. The zero-order chi connectivity index (χ0) is 8.20. The normalized spacial score (nSPS) is 13.4. The maximum absolute atomic E-state index is 9.93. The standard InChI is InChI=1S/C5H11O4P/c1-5(2,3)8-4-9-10(6)7/h4H2,1-3H3/p+1. The predicted octanol–water partition coefficient (Wildman–Crippen LogP) is 1.43. The topological polar surface area (TPSA) is 55.8 Å². The second-order valence-corrected chi connectivity index (χ2v) is 3.48. The van der Waals surface area contributed by atoms with Gasteiger partial charge in [0.2, 0.25) is 6.79 Å². The van der Waals surface area contributed by atoms with E-state index in [2.05, 4.69) is 4.52 Å². The van der Waals surface area contributed by atoms with E-state index in [-0.39, 0.29) is 12.4 Å². The van der Waals surface area contributed by atoms with E-state index >= 15 is 0 Å². The van der Waals surface area contributed by atoms with Crippen molar-refractivity contribution in [3.05, 3.63) is 0 Å². The average Bonchev–Trinajstić information content (AvgIpc) is 1.59. The lowest BCUT2D eigenvalue weighted by Gasteiger charge is -2.16. The van der Waals surface area contributed by atoms with Crippen LogP contribution in [0.1, 0.15) is 20.8 Å². The molecule has 0 heterocycles. The summed E-state index contributed by atoms with van der Waals surface area (Å²) < 4.78 is 19.2. The Labute approximate surface area is 61.1 Å². The van der Waals surface area contributed by atoms with Gasteiger partial charge in [0.25, 0.3) is 0 Å². The summed E-state index contributed by atoms with van der Waals surface area (Å²) in [7, 11) is -2.53. The second-order valence-electron chi connectivity index (χ2n) is 2.74. The predicted molar refractivity (Wildman–Crippen MR) is 36.6 cm³/mol. The summed E-state index contributed by atoms with van der Waals surface area (Å²) in [6.45, 7) is 5.36. The minimum Gasteiger partial charge on any atom is -0.345 e. The lowest BCUT2D eigenvalue weighted by molar-refractivity contribution is -0.0761. The average molecular weight is 167 g/mol. The zero-order valence-electron chi connectivity index (χ0n) is 6.33. The Hall–Kier alpha value is -0.0200. The molecule has 0 fully saturated rings. The fraction of sp³-hybridized carbons (Fsp3) is 1.00. The third-order valence-electron chi connectivity index (χ3n) is 0.655. The molecule has 1 N–H and O–H groups in total. The van der Waals surface area contributed by atoms with Crippen LogP contribution in [0.2, 0.25) is 0 Å². The monoisotopic (exact) mass is 167 g/mol. The lowest BCUT2D eigenvalue weighted by Crippen LogP contribution is -2.19. The molecule has 0 saturated carbocycles. The highest BCUT2D eigenvalue weighted by atomic mass is 31.1. The van der Waals surface area contributed by atoms with Crippen molar-refractivity contribution in [3.8, 4) is 0 Å². The van der Waals surface area contributed by atoms with Gasteiger partial charge in [-0.15, -0.1) is 4.89 Å². The molecule has 5 heteroatoms. The van der Waals surface area contributed by atoms with Crippen molar-refractivity contribution in [2.24, 2.45) is 0 Å². The molecule has 1 unspecified atom stereocenters. The summed E-state index contributed by atoms with van der Waals surface area (Å²) in [4.78, 5) is 8.16. The maximum Gasteiger partial charge on any atom is 0.697 e. The molecular weight excluding hydrogens is 155 g/mol. The first-order chi connectivity index (χ1) is 4.42. The minimum absolute atomic E-state index is 0.144. The second kappa shape index (κ2) is 3.98. The van der Waals surface area contributed by atoms with E-state index in [1.165, 1.54) is 0 Å². The van der Waals surface area contributed by atoms with Crippen LogP contribution in [0.15, 0.2) is 0 Å². The van der Waals surface area contributed by atoms with Gasteiger partial charge in [-0.25, -0.2) is 0 Å². The quantitative estimate of drug-likeness (QED) is 0.510. The molecule has 60 valence electrons. The first-order valence-corrected chi connectivity index (χ1v) is 3.98. The zero-order valence-corrected chi connectivity index (χ0v) is 7.22. The van der Waals surface area contributed by atoms with E-state index in [4.69, 9.17) is 9.63 Å². The summed E-state index contributed by atoms with van der Waals surface area (Å²) in [6.07, 6.45) is 0. The lowest BCUT2D eigenvalue weighted by atomic mass is 10.2. The molecule has 0 aromatic carbocycles. The van der Waals surface area contributed by atoms with E-state index in [0.29, 0.717) is 0 Å². The summed E-state index contributed by atoms with van der Waals surface area (Å²) >= 11 is 0. The molecule has 4 nitrogen and oxygen atoms in total. The van der Waals surface area contributed by atoms with Crippen LogP contribution in [0.25, 0.3) is 0 Å². The van der Waals surface area contributed by atoms with Crippen molar-refractivity contribution in [2.45, 2.75) is 26.4 Å². The number of hydrogen-bond acceptors (Lipinski definition) is 3. The Balaban J connectivity index is 3.29. The molecule has 1 atom stereocenters. The van der Waals surface area contributed by atoms with Crippen LogP contribution in [-0.2, 0) is 13.8 Å². The van der Waals surface area contributed by atoms with Gasteiger partial charge in [0.05, 0.1) is 5.60 Å². The molecule has 0 aliphatic heterocycles. The van der Waals surface area contributed by atoms with Crippen LogP contribution < -0.4 is 0 Å². The van der Waals surface area contributed by atoms with Crippen LogP contribution >= 0.6 is 8.25 Å². The van der Waals surface area contributed by atoms with Crippen LogP contribution in [0.5, 0.6) is 0 Å². The molecule has 0 spiro atoms. The van der Waals surface area contributed by atoms with Crippen molar-refractivity contribution in [3.63, 3.8) is 0 Å². The molecule has 0 aliphatic rings. The van der Waals surface area contributed by atoms with E-state index in [1.807, 2.05) is 20.8 Å². The van der Waals surface area contributed by atoms with E-state index in [0.717, 1.165) is 0 Å². The summed E-state index contributed by atoms with van der Waals surface area (Å²) in [5.74, 6) is 0. The summed E-state index contributed by atoms with van der Waals surface area (Å²) in [6, 6.07) is 0. The highest BCUT2D eigenvalue weighted by Gasteiger charge is 2.16. The molecular formula is C5H12O4P+. The van der Waals surface area contributed by atoms with Gasteiger partial charge in [0.15, 0.2) is 0 Å². The van der Waals surface area contributed by atoms with Crippen molar-refractivity contribution in [1.29, 1.82) is 0 Å². The molecule has 0 aromatic heterocycles. The third kappa shape index (κ3) is 7.98. The van der Waals surface area contributed by atoms with E-state index < -0.39 is 8.25 Å². The summed E-state index contributed by atoms with van der Waals surface area (Å²) in [5.41, 5.74) is -0.328. The largest absolute Gasteiger partial charge is 0.697 e. The first-order valence-electron chi connectivity index (χ1n) is 2.85. The van der Waals surface area contributed by atoms with Crippen molar-refractivity contribution in [1.82, 2.24) is 0 Å². The molecule has 0 aliphatic carbocycles. The Kier molecular flexibility index (Phi) is 3.98. The minimum atomic E-state index is -2.53. The van der Waals surface area contributed by atoms with Crippen LogP contribution in [0, 0.1) is 0 Å². The van der Waals surface area contributed by atoms with Crippen molar-refractivity contribution >= 4 is 8.25 Å². The van der Waals surface area contributed by atoms with Crippen LogP contribution in [0.3, 0.4) is 0 Å². The van der Waals surface area contributed by atoms with Crippen LogP contribution in [-0.4, -0.2) is 17.3 Å². The Morgan fingerprint density at radius 1 is 1.50 bits per heavy atom. The number of ether oxygens (including phenoxy) is 1. The molecule has 10 heavy (non-hydrogen) atoms. The smallest absolute Gasteiger partial charge is 0.345 e. The van der Waals surface area contributed by atoms with Crippen molar-refractivity contribution < 1.29 is 18.7 Å².